The minimum atomic E-state index is 0.632. The summed E-state index contributed by atoms with van der Waals surface area (Å²) in [5.41, 5.74) is 4.62. The molecular formula is C24H29NOS. The number of thioether (sulfide) groups is 1. The molecular weight excluding hydrogens is 350 g/mol. The fourth-order valence-electron chi connectivity index (χ4n) is 3.23. The molecule has 3 rings (SSSR count). The Morgan fingerprint density at radius 2 is 1.81 bits per heavy atom. The van der Waals surface area contributed by atoms with Crippen LogP contribution in [0.3, 0.4) is 0 Å². The van der Waals surface area contributed by atoms with Gasteiger partial charge >= 0.3 is 0 Å². The van der Waals surface area contributed by atoms with Gasteiger partial charge in [-0.05, 0) is 80.0 Å². The summed E-state index contributed by atoms with van der Waals surface area (Å²) in [7, 11) is 0. The van der Waals surface area contributed by atoms with Crippen molar-refractivity contribution in [3.05, 3.63) is 70.6 Å². The maximum absolute atomic E-state index is 6.11. The molecule has 0 heterocycles. The predicted molar refractivity (Wildman–Crippen MR) is 118 cm³/mol. The Labute approximate surface area is 167 Å². The molecule has 0 N–H and O–H groups in total. The lowest BCUT2D eigenvalue weighted by atomic mass is 10.0. The van der Waals surface area contributed by atoms with Crippen LogP contribution in [-0.2, 0) is 0 Å². The van der Waals surface area contributed by atoms with E-state index in [0.717, 1.165) is 16.7 Å². The van der Waals surface area contributed by atoms with Gasteiger partial charge in [-0.25, -0.2) is 4.99 Å². The van der Waals surface area contributed by atoms with Crippen LogP contribution in [0.5, 0.6) is 5.75 Å². The van der Waals surface area contributed by atoms with E-state index < -0.39 is 0 Å². The van der Waals surface area contributed by atoms with Crippen LogP contribution >= 0.6 is 11.8 Å². The Morgan fingerprint density at radius 1 is 1.00 bits per heavy atom. The quantitative estimate of drug-likeness (QED) is 0.401. The molecule has 142 valence electrons. The highest BCUT2D eigenvalue weighted by Gasteiger charge is 2.12. The number of aryl methyl sites for hydroxylation is 3. The van der Waals surface area contributed by atoms with Gasteiger partial charge in [0, 0.05) is 11.3 Å². The molecule has 1 fully saturated rings. The van der Waals surface area contributed by atoms with Crippen LogP contribution in [-0.4, -0.2) is 11.1 Å². The highest BCUT2D eigenvalue weighted by atomic mass is 32.2. The first kappa shape index (κ1) is 19.8. The van der Waals surface area contributed by atoms with Crippen LogP contribution in [0.25, 0.3) is 0 Å². The Hall–Kier alpha value is -2.00. The number of hydrogen-bond acceptors (Lipinski definition) is 3. The van der Waals surface area contributed by atoms with E-state index in [1.807, 2.05) is 42.1 Å². The molecule has 0 spiro atoms. The average Bonchev–Trinajstić information content (AvgIpc) is 2.65. The molecule has 2 aromatic rings. The van der Waals surface area contributed by atoms with Crippen LogP contribution in [0, 0.1) is 20.8 Å². The van der Waals surface area contributed by atoms with Gasteiger partial charge in [-0.15, -0.1) is 11.8 Å². The van der Waals surface area contributed by atoms with Gasteiger partial charge in [0.2, 0.25) is 5.90 Å². The fraction of sp³-hybridized carbons (Fsp3) is 0.375. The van der Waals surface area contributed by atoms with E-state index in [0.29, 0.717) is 5.90 Å². The standard InChI is InChI=1S/C24H29NOS/c1-18-8-7-9-22(16-18)26-24(14-15-27-23-10-5-4-6-11-23)25-21-13-12-19(2)20(3)17-21/h7-9,12-17,23H,4-6,10-11H2,1-3H3/b15-14+,25-24?. The van der Waals surface area contributed by atoms with E-state index in [-0.39, 0.29) is 0 Å². The van der Waals surface area contributed by atoms with E-state index >= 15 is 0 Å². The maximum Gasteiger partial charge on any atom is 0.220 e. The zero-order valence-electron chi connectivity index (χ0n) is 16.6. The van der Waals surface area contributed by atoms with E-state index in [2.05, 4.69) is 44.4 Å². The molecule has 0 aliphatic heterocycles. The largest absolute Gasteiger partial charge is 0.439 e. The molecule has 2 aromatic carbocycles. The van der Waals surface area contributed by atoms with E-state index in [1.54, 1.807) is 0 Å². The summed E-state index contributed by atoms with van der Waals surface area (Å²) in [6.45, 7) is 6.31. The van der Waals surface area contributed by atoms with Crippen LogP contribution < -0.4 is 4.74 Å². The first-order valence-corrected chi connectivity index (χ1v) is 10.8. The minimum absolute atomic E-state index is 0.632. The number of hydrogen-bond donors (Lipinski definition) is 0. The molecule has 1 saturated carbocycles. The smallest absolute Gasteiger partial charge is 0.220 e. The van der Waals surface area contributed by atoms with Crippen LogP contribution in [0.2, 0.25) is 0 Å². The summed E-state index contributed by atoms with van der Waals surface area (Å²) in [4.78, 5) is 4.76. The second kappa shape index (κ2) is 9.80. The number of aliphatic imine (C=N–C) groups is 1. The molecule has 0 saturated heterocycles. The zero-order chi connectivity index (χ0) is 19.1. The lowest BCUT2D eigenvalue weighted by Crippen LogP contribution is -2.07. The van der Waals surface area contributed by atoms with Gasteiger partial charge in [0.15, 0.2) is 0 Å². The summed E-state index contributed by atoms with van der Waals surface area (Å²) in [5, 5.41) is 2.89. The first-order chi connectivity index (χ1) is 13.1. The van der Waals surface area contributed by atoms with Crippen molar-refractivity contribution >= 4 is 23.3 Å². The molecule has 2 nitrogen and oxygen atoms in total. The van der Waals surface area contributed by atoms with Gasteiger partial charge in [-0.2, -0.15) is 0 Å². The highest BCUT2D eigenvalue weighted by molar-refractivity contribution is 8.02. The molecule has 0 aromatic heterocycles. The lowest BCUT2D eigenvalue weighted by molar-refractivity contribution is 0.517. The van der Waals surface area contributed by atoms with Crippen molar-refractivity contribution in [1.29, 1.82) is 0 Å². The Bertz CT molecular complexity index is 819. The van der Waals surface area contributed by atoms with Crippen molar-refractivity contribution in [2.24, 2.45) is 4.99 Å². The van der Waals surface area contributed by atoms with Crippen molar-refractivity contribution in [2.45, 2.75) is 58.1 Å². The first-order valence-electron chi connectivity index (χ1n) is 9.82. The summed E-state index contributed by atoms with van der Waals surface area (Å²) in [6, 6.07) is 14.4. The average molecular weight is 380 g/mol. The molecule has 0 amide bonds. The molecule has 0 radical (unpaired) electrons. The van der Waals surface area contributed by atoms with Crippen LogP contribution in [0.4, 0.5) is 5.69 Å². The van der Waals surface area contributed by atoms with E-state index in [4.69, 9.17) is 9.73 Å². The van der Waals surface area contributed by atoms with Crippen LogP contribution in [0.1, 0.15) is 48.8 Å². The van der Waals surface area contributed by atoms with Crippen molar-refractivity contribution < 1.29 is 4.74 Å². The third-order valence-electron chi connectivity index (χ3n) is 4.98. The van der Waals surface area contributed by atoms with E-state index in [1.165, 1.54) is 48.8 Å². The Kier molecular flexibility index (Phi) is 7.17. The fourth-order valence-corrected chi connectivity index (χ4v) is 4.25. The van der Waals surface area contributed by atoms with Crippen molar-refractivity contribution in [3.63, 3.8) is 0 Å². The molecule has 3 heteroatoms. The molecule has 27 heavy (non-hydrogen) atoms. The number of ether oxygens (including phenoxy) is 1. The molecule has 0 unspecified atom stereocenters. The molecule has 0 bridgehead atoms. The lowest BCUT2D eigenvalue weighted by Gasteiger charge is -2.19. The van der Waals surface area contributed by atoms with Gasteiger partial charge < -0.3 is 4.74 Å². The summed E-state index contributed by atoms with van der Waals surface area (Å²) in [6.07, 6.45) is 8.74. The van der Waals surface area contributed by atoms with Crippen molar-refractivity contribution in [2.75, 3.05) is 0 Å². The summed E-state index contributed by atoms with van der Waals surface area (Å²) in [5.74, 6) is 1.46. The second-order valence-corrected chi connectivity index (χ2v) is 8.55. The number of nitrogens with zero attached hydrogens (tertiary/aromatic N) is 1. The Morgan fingerprint density at radius 3 is 2.56 bits per heavy atom. The zero-order valence-corrected chi connectivity index (χ0v) is 17.4. The molecule has 1 aliphatic rings. The van der Waals surface area contributed by atoms with Crippen molar-refractivity contribution in [1.82, 2.24) is 0 Å². The summed E-state index contributed by atoms with van der Waals surface area (Å²) >= 11 is 1.91. The number of rotatable bonds is 5. The van der Waals surface area contributed by atoms with Gasteiger partial charge in [-0.3, -0.25) is 0 Å². The molecule has 0 atom stereocenters. The van der Waals surface area contributed by atoms with E-state index in [9.17, 15) is 0 Å². The number of benzene rings is 2. The van der Waals surface area contributed by atoms with Gasteiger partial charge in [0.25, 0.3) is 0 Å². The van der Waals surface area contributed by atoms with Gasteiger partial charge in [0.1, 0.15) is 5.75 Å². The van der Waals surface area contributed by atoms with Gasteiger partial charge in [-0.1, -0.05) is 37.5 Å². The van der Waals surface area contributed by atoms with Crippen molar-refractivity contribution in [3.8, 4) is 5.75 Å². The monoisotopic (exact) mass is 379 g/mol. The molecule has 1 aliphatic carbocycles. The predicted octanol–water partition coefficient (Wildman–Crippen LogP) is 7.30. The van der Waals surface area contributed by atoms with Gasteiger partial charge in [0.05, 0.1) is 5.69 Å². The summed E-state index contributed by atoms with van der Waals surface area (Å²) < 4.78 is 6.11. The SMILES string of the molecule is Cc1cccc(OC(/C=C/SC2CCCCC2)=Nc2ccc(C)c(C)c2)c1. The third kappa shape index (κ3) is 6.28. The highest BCUT2D eigenvalue weighted by Crippen LogP contribution is 2.29. The Balaban J connectivity index is 1.78. The topological polar surface area (TPSA) is 21.6 Å². The minimum Gasteiger partial charge on any atom is -0.439 e. The van der Waals surface area contributed by atoms with Crippen LogP contribution in [0.15, 0.2) is 58.9 Å². The second-order valence-electron chi connectivity index (χ2n) is 7.34. The third-order valence-corrected chi connectivity index (χ3v) is 6.13. The normalized spacial score (nSPS) is 16.0. The maximum atomic E-state index is 6.11.